The fourth-order valence-corrected chi connectivity index (χ4v) is 2.35. The van der Waals surface area contributed by atoms with Gasteiger partial charge in [-0.25, -0.2) is 8.78 Å². The summed E-state index contributed by atoms with van der Waals surface area (Å²) < 4.78 is 26.6. The first-order chi connectivity index (χ1) is 8.63. The minimum atomic E-state index is -0.551. The summed E-state index contributed by atoms with van der Waals surface area (Å²) in [6.45, 7) is 2.01. The summed E-state index contributed by atoms with van der Waals surface area (Å²) in [6, 6.07) is 13.5. The summed E-state index contributed by atoms with van der Waals surface area (Å²) in [5, 5.41) is 2.12. The van der Waals surface area contributed by atoms with Crippen molar-refractivity contribution in [2.45, 2.75) is 6.92 Å². The molecule has 3 rings (SSSR count). The predicted molar refractivity (Wildman–Crippen MR) is 69.6 cm³/mol. The van der Waals surface area contributed by atoms with E-state index < -0.39 is 11.6 Å². The largest absolute Gasteiger partial charge is 3.00 e. The fraction of sp³-hybridized carbons (Fsp3) is 0.0625. The third-order valence-corrected chi connectivity index (χ3v) is 3.07. The Morgan fingerprint density at radius 3 is 2.14 bits per heavy atom. The second-order valence-corrected chi connectivity index (χ2v) is 4.50. The van der Waals surface area contributed by atoms with E-state index in [4.69, 9.17) is 0 Å². The molecule has 5 heteroatoms. The number of hydrogen-bond donors (Lipinski definition) is 0. The van der Waals surface area contributed by atoms with Crippen LogP contribution in [0, 0.1) is 18.6 Å². The van der Waals surface area contributed by atoms with Gasteiger partial charge in [-0.05, 0) is 17.7 Å². The minimum absolute atomic E-state index is 0. The zero-order valence-corrected chi connectivity index (χ0v) is 15.1. The molecule has 0 bridgehead atoms. The normalized spacial score (nSPS) is 9.48. The van der Waals surface area contributed by atoms with Gasteiger partial charge >= 0.3 is 26.2 Å². The summed E-state index contributed by atoms with van der Waals surface area (Å²) in [5.74, 6) is -1.10. The number of halogens is 4. The molecule has 0 aliphatic heterocycles. The van der Waals surface area contributed by atoms with Gasteiger partial charge in [0.2, 0.25) is 0 Å². The molecule has 0 saturated heterocycles. The van der Waals surface area contributed by atoms with E-state index in [1.807, 2.05) is 31.2 Å². The molecule has 0 spiro atoms. The third kappa shape index (κ3) is 4.19. The molecule has 0 aliphatic rings. The molecule has 3 aromatic rings. The van der Waals surface area contributed by atoms with Gasteiger partial charge in [0, 0.05) is 6.07 Å². The predicted octanol–water partition coefficient (Wildman–Crippen LogP) is -1.18. The Hall–Kier alpha value is -0.627. The van der Waals surface area contributed by atoms with Gasteiger partial charge < -0.3 is 24.8 Å². The molecule has 0 saturated carbocycles. The topological polar surface area (TPSA) is 0 Å². The maximum Gasteiger partial charge on any atom is 3.00 e. The van der Waals surface area contributed by atoms with E-state index in [2.05, 4.69) is 6.07 Å². The maximum atomic E-state index is 13.3. The van der Waals surface area contributed by atoms with E-state index in [0.717, 1.165) is 28.0 Å². The van der Waals surface area contributed by atoms with Crippen molar-refractivity contribution in [3.63, 3.8) is 0 Å². The summed E-state index contributed by atoms with van der Waals surface area (Å²) in [5.41, 5.74) is 2.58. The number of aryl methyl sites for hydroxylation is 1. The van der Waals surface area contributed by atoms with Gasteiger partial charge in [-0.3, -0.25) is 0 Å². The van der Waals surface area contributed by atoms with Crippen LogP contribution in [0.3, 0.4) is 0 Å². The second-order valence-electron chi connectivity index (χ2n) is 4.50. The molecule has 0 amide bonds. The van der Waals surface area contributed by atoms with Crippen LogP contribution in [0.2, 0.25) is 0 Å². The quantitative estimate of drug-likeness (QED) is 0.449. The first kappa shape index (κ1) is 20.4. The van der Waals surface area contributed by atoms with Gasteiger partial charge in [0.1, 0.15) is 11.6 Å². The number of hydrogen-bond acceptors (Lipinski definition) is 0. The van der Waals surface area contributed by atoms with E-state index >= 15 is 0 Å². The monoisotopic (exact) mass is 401 g/mol. The fourth-order valence-electron chi connectivity index (χ4n) is 2.35. The van der Waals surface area contributed by atoms with Crippen LogP contribution in [0.4, 0.5) is 8.78 Å². The summed E-state index contributed by atoms with van der Waals surface area (Å²) in [6.07, 6.45) is 0. The van der Waals surface area contributed by atoms with Gasteiger partial charge in [-0.1, -0.05) is 18.6 Å². The SMILES string of the molecule is Cc1cc2c(-c3cc(F)cc(F)c3)cccc2[cH-]1.[Cl-].[Cl-].[Zr+3]. The van der Waals surface area contributed by atoms with Crippen molar-refractivity contribution in [2.75, 3.05) is 0 Å². The van der Waals surface area contributed by atoms with Crippen LogP contribution in [0.15, 0.2) is 48.5 Å². The molecule has 3 aromatic carbocycles. The van der Waals surface area contributed by atoms with Crippen molar-refractivity contribution >= 4 is 10.8 Å². The molecule has 0 fully saturated rings. The van der Waals surface area contributed by atoms with Crippen molar-refractivity contribution < 1.29 is 59.8 Å². The van der Waals surface area contributed by atoms with Crippen LogP contribution in [-0.2, 0) is 26.2 Å². The van der Waals surface area contributed by atoms with Crippen molar-refractivity contribution in [2.24, 2.45) is 0 Å². The Morgan fingerprint density at radius 2 is 1.52 bits per heavy atom. The summed E-state index contributed by atoms with van der Waals surface area (Å²) in [7, 11) is 0. The molecule has 0 N–H and O–H groups in total. The van der Waals surface area contributed by atoms with Gasteiger partial charge in [-0.15, -0.1) is 34.5 Å². The Balaban J connectivity index is 0.00000133. The summed E-state index contributed by atoms with van der Waals surface area (Å²) >= 11 is 0. The second kappa shape index (κ2) is 8.12. The van der Waals surface area contributed by atoms with Gasteiger partial charge in [0.25, 0.3) is 0 Å². The van der Waals surface area contributed by atoms with Gasteiger partial charge in [0.05, 0.1) is 0 Å². The number of benzene rings is 2. The molecule has 107 valence electrons. The zero-order chi connectivity index (χ0) is 12.7. The van der Waals surface area contributed by atoms with Crippen LogP contribution >= 0.6 is 0 Å². The number of fused-ring (bicyclic) bond motifs is 1. The first-order valence-corrected chi connectivity index (χ1v) is 5.76. The van der Waals surface area contributed by atoms with Crippen LogP contribution in [0.1, 0.15) is 5.56 Å². The molecular formula is C16H11Cl2F2Zr. The molecule has 0 heterocycles. The van der Waals surface area contributed by atoms with Crippen LogP contribution in [0.25, 0.3) is 21.9 Å². The van der Waals surface area contributed by atoms with Crippen molar-refractivity contribution in [3.8, 4) is 11.1 Å². The molecule has 21 heavy (non-hydrogen) atoms. The van der Waals surface area contributed by atoms with E-state index in [9.17, 15) is 8.78 Å². The smallest absolute Gasteiger partial charge is 1.00 e. The first-order valence-electron chi connectivity index (χ1n) is 5.76. The molecule has 1 radical (unpaired) electrons. The molecular weight excluding hydrogens is 392 g/mol. The third-order valence-electron chi connectivity index (χ3n) is 3.07. The Labute approximate surface area is 153 Å². The average Bonchev–Trinajstić information content (AvgIpc) is 2.67. The van der Waals surface area contributed by atoms with Crippen molar-refractivity contribution in [3.05, 3.63) is 65.7 Å². The molecule has 0 atom stereocenters. The Morgan fingerprint density at radius 1 is 0.905 bits per heavy atom. The zero-order valence-electron chi connectivity index (χ0n) is 11.1. The standard InChI is InChI=1S/C16H11F2.2ClH.Zr/c1-10-5-11-3-2-4-15(16(11)6-10)12-7-13(17)9-14(18)8-12;;;/h2-9H,1H3;2*1H;/q-1;;;+3/p-2. The minimum Gasteiger partial charge on any atom is -1.00 e. The van der Waals surface area contributed by atoms with E-state index in [1.165, 1.54) is 12.1 Å². The van der Waals surface area contributed by atoms with E-state index in [0.29, 0.717) is 5.56 Å². The van der Waals surface area contributed by atoms with Crippen molar-refractivity contribution in [1.29, 1.82) is 0 Å². The molecule has 0 nitrogen and oxygen atoms in total. The molecule has 0 unspecified atom stereocenters. The van der Waals surface area contributed by atoms with Crippen LogP contribution in [0.5, 0.6) is 0 Å². The summed E-state index contributed by atoms with van der Waals surface area (Å²) in [4.78, 5) is 0. The van der Waals surface area contributed by atoms with Crippen LogP contribution < -0.4 is 24.8 Å². The van der Waals surface area contributed by atoms with E-state index in [1.54, 1.807) is 0 Å². The van der Waals surface area contributed by atoms with E-state index in [-0.39, 0.29) is 51.0 Å². The molecule has 0 aliphatic carbocycles. The maximum absolute atomic E-state index is 13.3. The number of rotatable bonds is 1. The van der Waals surface area contributed by atoms with Gasteiger partial charge in [-0.2, -0.15) is 6.07 Å². The van der Waals surface area contributed by atoms with Crippen molar-refractivity contribution in [1.82, 2.24) is 0 Å². The Kier molecular flexibility index (Phi) is 7.88. The van der Waals surface area contributed by atoms with Gasteiger partial charge in [0.15, 0.2) is 0 Å². The van der Waals surface area contributed by atoms with Crippen LogP contribution in [-0.4, -0.2) is 0 Å². The average molecular weight is 403 g/mol. The Bertz CT molecular complexity index is 718. The molecule has 0 aromatic heterocycles.